The second-order valence-electron chi connectivity index (χ2n) is 5.34. The number of hydrogen-bond donors (Lipinski definition) is 3. The molecule has 2 aromatic rings. The fraction of sp³-hybridized carbons (Fsp3) is 0.188. The van der Waals surface area contributed by atoms with E-state index in [1.54, 1.807) is 0 Å². The van der Waals surface area contributed by atoms with E-state index >= 15 is 0 Å². The topological polar surface area (TPSA) is 92.4 Å². The van der Waals surface area contributed by atoms with Crippen molar-refractivity contribution in [2.75, 3.05) is 11.9 Å². The number of halogens is 2. The number of rotatable bonds is 4. The zero-order chi connectivity index (χ0) is 17.8. The maximum atomic E-state index is 13.5. The van der Waals surface area contributed by atoms with Crippen LogP contribution in [0.3, 0.4) is 0 Å². The zero-order valence-electron chi connectivity index (χ0n) is 12.9. The van der Waals surface area contributed by atoms with Gasteiger partial charge >= 0.3 is 6.03 Å². The molecule has 1 atom stereocenters. The Hall–Kier alpha value is -3.23. The minimum absolute atomic E-state index is 0.0426. The largest absolute Gasteiger partial charge is 0.436 e. The van der Waals surface area contributed by atoms with Gasteiger partial charge in [0.05, 0.1) is 17.9 Å². The molecule has 1 aromatic carbocycles. The molecule has 1 aliphatic heterocycles. The lowest BCUT2D eigenvalue weighted by molar-refractivity contribution is -0.119. The third-order valence-corrected chi connectivity index (χ3v) is 3.44. The molecular formula is C16H14F2N4O3. The number of hydrogen-bond acceptors (Lipinski definition) is 4. The van der Waals surface area contributed by atoms with E-state index in [1.165, 1.54) is 30.5 Å². The molecule has 3 amide bonds. The maximum Gasteiger partial charge on any atom is 0.319 e. The Bertz CT molecular complexity index is 798. The molecule has 25 heavy (non-hydrogen) atoms. The van der Waals surface area contributed by atoms with Gasteiger partial charge in [-0.2, -0.15) is 4.39 Å². The summed E-state index contributed by atoms with van der Waals surface area (Å²) in [5, 5.41) is 7.81. The van der Waals surface area contributed by atoms with Gasteiger partial charge in [-0.15, -0.1) is 0 Å². The number of urea groups is 1. The molecule has 9 heteroatoms. The Labute approximate surface area is 141 Å². The van der Waals surface area contributed by atoms with Gasteiger partial charge in [0.25, 0.3) is 0 Å². The number of nitrogens with one attached hydrogen (secondary N) is 3. The van der Waals surface area contributed by atoms with Crippen LogP contribution in [-0.2, 0) is 4.79 Å². The lowest BCUT2D eigenvalue weighted by Gasteiger charge is -2.12. The minimum atomic E-state index is -1.11. The number of pyridine rings is 1. The summed E-state index contributed by atoms with van der Waals surface area (Å²) >= 11 is 0. The lowest BCUT2D eigenvalue weighted by atomic mass is 10.2. The second kappa shape index (κ2) is 7.12. The average Bonchev–Trinajstić information content (AvgIpc) is 2.98. The van der Waals surface area contributed by atoms with E-state index in [-0.39, 0.29) is 30.0 Å². The molecule has 130 valence electrons. The van der Waals surface area contributed by atoms with Crippen LogP contribution in [0.2, 0.25) is 0 Å². The third-order valence-electron chi connectivity index (χ3n) is 3.44. The van der Waals surface area contributed by atoms with Crippen LogP contribution in [0.4, 0.5) is 19.3 Å². The zero-order valence-corrected chi connectivity index (χ0v) is 12.9. The van der Waals surface area contributed by atoms with Crippen molar-refractivity contribution in [2.24, 2.45) is 0 Å². The van der Waals surface area contributed by atoms with Crippen molar-refractivity contribution in [3.63, 3.8) is 0 Å². The van der Waals surface area contributed by atoms with Crippen molar-refractivity contribution in [2.45, 2.75) is 12.5 Å². The normalized spacial score (nSPS) is 16.2. The van der Waals surface area contributed by atoms with E-state index in [9.17, 15) is 18.4 Å². The molecule has 0 unspecified atom stereocenters. The molecule has 1 saturated heterocycles. The number of carbonyl (C=O) groups excluding carboxylic acids is 2. The number of amides is 3. The number of aromatic nitrogens is 1. The highest BCUT2D eigenvalue weighted by Gasteiger charge is 2.22. The highest BCUT2D eigenvalue weighted by atomic mass is 19.2. The SMILES string of the molecule is O=C1C[C@H](NC(=O)Nc2ccc(Oc3cccc(F)c3F)nc2)CN1. The van der Waals surface area contributed by atoms with E-state index in [1.807, 2.05) is 0 Å². The van der Waals surface area contributed by atoms with E-state index in [0.717, 1.165) is 6.07 Å². The second-order valence-corrected chi connectivity index (χ2v) is 5.34. The molecule has 0 aliphatic carbocycles. The van der Waals surface area contributed by atoms with Gasteiger partial charge in [-0.25, -0.2) is 14.2 Å². The molecule has 7 nitrogen and oxygen atoms in total. The molecule has 1 aromatic heterocycles. The quantitative estimate of drug-likeness (QED) is 0.789. The predicted molar refractivity (Wildman–Crippen MR) is 84.2 cm³/mol. The Morgan fingerprint density at radius 1 is 1.28 bits per heavy atom. The van der Waals surface area contributed by atoms with Gasteiger partial charge in [-0.3, -0.25) is 4.79 Å². The van der Waals surface area contributed by atoms with Crippen molar-refractivity contribution >= 4 is 17.6 Å². The minimum Gasteiger partial charge on any atom is -0.436 e. The van der Waals surface area contributed by atoms with Crippen LogP contribution in [-0.4, -0.2) is 29.5 Å². The number of nitrogens with zero attached hydrogens (tertiary/aromatic N) is 1. The smallest absolute Gasteiger partial charge is 0.319 e. The van der Waals surface area contributed by atoms with Gasteiger partial charge < -0.3 is 20.7 Å². The highest BCUT2D eigenvalue weighted by molar-refractivity contribution is 5.90. The summed E-state index contributed by atoms with van der Waals surface area (Å²) in [5.41, 5.74) is 0.377. The summed E-state index contributed by atoms with van der Waals surface area (Å²) in [4.78, 5) is 26.8. The fourth-order valence-corrected chi connectivity index (χ4v) is 2.25. The Morgan fingerprint density at radius 2 is 2.12 bits per heavy atom. The first-order valence-corrected chi connectivity index (χ1v) is 7.43. The van der Waals surface area contributed by atoms with E-state index in [4.69, 9.17) is 4.74 Å². The van der Waals surface area contributed by atoms with E-state index in [2.05, 4.69) is 20.9 Å². The van der Waals surface area contributed by atoms with Crippen molar-refractivity contribution in [3.8, 4) is 11.6 Å². The summed E-state index contributed by atoms with van der Waals surface area (Å²) in [5.74, 6) is -2.48. The monoisotopic (exact) mass is 348 g/mol. The van der Waals surface area contributed by atoms with Gasteiger partial charge in [0.1, 0.15) is 0 Å². The first-order chi connectivity index (χ1) is 12.0. The first-order valence-electron chi connectivity index (χ1n) is 7.43. The molecule has 0 saturated carbocycles. The summed E-state index contributed by atoms with van der Waals surface area (Å²) < 4.78 is 31.8. The molecule has 0 bridgehead atoms. The van der Waals surface area contributed by atoms with Crippen molar-refractivity contribution < 1.29 is 23.1 Å². The van der Waals surface area contributed by atoms with Crippen LogP contribution >= 0.6 is 0 Å². The Morgan fingerprint density at radius 3 is 2.80 bits per heavy atom. The van der Waals surface area contributed by atoms with Crippen LogP contribution in [0.1, 0.15) is 6.42 Å². The number of carbonyl (C=O) groups is 2. The van der Waals surface area contributed by atoms with Gasteiger partial charge in [-0.1, -0.05) is 6.07 Å². The molecular weight excluding hydrogens is 334 g/mol. The Balaban J connectivity index is 1.57. The average molecular weight is 348 g/mol. The molecule has 3 rings (SSSR count). The van der Waals surface area contributed by atoms with Crippen LogP contribution in [0.5, 0.6) is 11.6 Å². The molecule has 1 aliphatic rings. The summed E-state index contributed by atoms with van der Waals surface area (Å²) in [6, 6.07) is 5.73. The van der Waals surface area contributed by atoms with Crippen molar-refractivity contribution in [1.82, 2.24) is 15.6 Å². The molecule has 0 spiro atoms. The standard InChI is InChI=1S/C16H14F2N4O3/c17-11-2-1-3-12(15(11)18)25-14-5-4-9(7-20-14)21-16(24)22-10-6-13(23)19-8-10/h1-5,7,10H,6,8H2,(H,19,23)(H2,21,22,24)/t10-/m0/s1. The van der Waals surface area contributed by atoms with Gasteiger partial charge in [0, 0.05) is 19.0 Å². The molecule has 0 radical (unpaired) electrons. The molecule has 2 heterocycles. The van der Waals surface area contributed by atoms with Gasteiger partial charge in [-0.05, 0) is 18.2 Å². The maximum absolute atomic E-state index is 13.5. The number of benzene rings is 1. The number of anilines is 1. The molecule has 1 fully saturated rings. The number of ether oxygens (including phenoxy) is 1. The van der Waals surface area contributed by atoms with E-state index < -0.39 is 17.7 Å². The lowest BCUT2D eigenvalue weighted by Crippen LogP contribution is -2.39. The van der Waals surface area contributed by atoms with Gasteiger partial charge in [0.2, 0.25) is 17.6 Å². The predicted octanol–water partition coefficient (Wildman–Crippen LogP) is 2.16. The summed E-state index contributed by atoms with van der Waals surface area (Å²) in [7, 11) is 0. The van der Waals surface area contributed by atoms with Crippen LogP contribution < -0.4 is 20.7 Å². The third kappa shape index (κ3) is 4.19. The van der Waals surface area contributed by atoms with E-state index in [0.29, 0.717) is 12.2 Å². The van der Waals surface area contributed by atoms with Gasteiger partial charge in [0.15, 0.2) is 11.6 Å². The van der Waals surface area contributed by atoms with Crippen molar-refractivity contribution in [3.05, 3.63) is 48.2 Å². The Kier molecular flexibility index (Phi) is 4.73. The highest BCUT2D eigenvalue weighted by Crippen LogP contribution is 2.25. The van der Waals surface area contributed by atoms with Crippen molar-refractivity contribution in [1.29, 1.82) is 0 Å². The first kappa shape index (κ1) is 16.6. The van der Waals surface area contributed by atoms with Crippen LogP contribution in [0.25, 0.3) is 0 Å². The summed E-state index contributed by atoms with van der Waals surface area (Å²) in [6.45, 7) is 0.385. The molecule has 3 N–H and O–H groups in total. The fourth-order valence-electron chi connectivity index (χ4n) is 2.25. The van der Waals surface area contributed by atoms with Crippen LogP contribution in [0.15, 0.2) is 36.5 Å². The summed E-state index contributed by atoms with van der Waals surface area (Å²) in [6.07, 6.45) is 1.54. The van der Waals surface area contributed by atoms with Crippen LogP contribution in [0, 0.1) is 11.6 Å².